The minimum Gasteiger partial charge on any atom is -0.598 e. The van der Waals surface area contributed by atoms with Gasteiger partial charge in [0.15, 0.2) is 0 Å². The van der Waals surface area contributed by atoms with Crippen molar-refractivity contribution in [3.05, 3.63) is 34.1 Å². The lowest BCUT2D eigenvalue weighted by molar-refractivity contribution is -0.143. The molecule has 0 aromatic heterocycles. The molecule has 1 aromatic rings. The van der Waals surface area contributed by atoms with Crippen LogP contribution in [0, 0.1) is 5.82 Å². The van der Waals surface area contributed by atoms with Crippen molar-refractivity contribution in [3.63, 3.8) is 0 Å². The number of halogens is 2. The maximum Gasteiger partial charge on any atom is 0.307 e. The molecule has 0 spiro atoms. The molecular weight excluding hydrogens is 373 g/mol. The topological polar surface area (TPSA) is 61.4 Å². The van der Waals surface area contributed by atoms with Crippen LogP contribution in [-0.4, -0.2) is 21.9 Å². The molecule has 1 N–H and O–H groups in total. The molecule has 0 bridgehead atoms. The first-order valence-corrected chi connectivity index (χ1v) is 8.88. The molecular formula is C15H21BrFNO3S. The predicted molar refractivity (Wildman–Crippen MR) is 89.1 cm³/mol. The number of benzene rings is 1. The second kappa shape index (κ2) is 8.29. The summed E-state index contributed by atoms with van der Waals surface area (Å²) < 4.78 is 33.5. The molecule has 1 aromatic carbocycles. The molecule has 7 heteroatoms. The van der Waals surface area contributed by atoms with Crippen LogP contribution in [0.3, 0.4) is 0 Å². The third-order valence-corrected chi connectivity index (χ3v) is 5.12. The number of hydrogen-bond acceptors (Lipinski definition) is 4. The van der Waals surface area contributed by atoms with Crippen LogP contribution in [0.25, 0.3) is 0 Å². The van der Waals surface area contributed by atoms with Crippen molar-refractivity contribution in [1.29, 1.82) is 0 Å². The number of hydrogen-bond donors (Lipinski definition) is 1. The lowest BCUT2D eigenvalue weighted by Gasteiger charge is -2.28. The maximum absolute atomic E-state index is 13.2. The van der Waals surface area contributed by atoms with Gasteiger partial charge in [-0.15, -0.1) is 4.72 Å². The molecule has 0 radical (unpaired) electrons. The molecule has 0 aliphatic heterocycles. The Morgan fingerprint density at radius 1 is 1.50 bits per heavy atom. The standard InChI is InChI=1S/C15H21BrFNO3S/c1-5-21-14(19)9-13(18-22(20)15(2,3)4)11-7-6-10(17)8-12(11)16/h6-8,13,18H,5,9H2,1-4H3/t13-,22?/m1/s1. The lowest BCUT2D eigenvalue weighted by Crippen LogP contribution is -2.42. The van der Waals surface area contributed by atoms with E-state index in [1.807, 2.05) is 20.8 Å². The largest absolute Gasteiger partial charge is 0.598 e. The second-order valence-electron chi connectivity index (χ2n) is 5.73. The van der Waals surface area contributed by atoms with Crippen molar-refractivity contribution in [2.75, 3.05) is 6.61 Å². The average Bonchev–Trinajstić information content (AvgIpc) is 2.37. The molecule has 1 rings (SSSR count). The molecule has 2 atom stereocenters. The summed E-state index contributed by atoms with van der Waals surface area (Å²) >= 11 is 1.91. The van der Waals surface area contributed by atoms with E-state index in [-0.39, 0.29) is 18.8 Å². The van der Waals surface area contributed by atoms with Gasteiger partial charge >= 0.3 is 5.97 Å². The highest BCUT2D eigenvalue weighted by atomic mass is 79.9. The summed E-state index contributed by atoms with van der Waals surface area (Å²) in [6.45, 7) is 7.49. The van der Waals surface area contributed by atoms with Crippen LogP contribution in [0.2, 0.25) is 0 Å². The van der Waals surface area contributed by atoms with Crippen LogP contribution >= 0.6 is 15.9 Å². The molecule has 0 aliphatic carbocycles. The number of carbonyl (C=O) groups excluding carboxylic acids is 1. The Labute approximate surface area is 142 Å². The molecule has 0 amide bonds. The van der Waals surface area contributed by atoms with Crippen LogP contribution in [-0.2, 0) is 20.9 Å². The summed E-state index contributed by atoms with van der Waals surface area (Å²) in [4.78, 5) is 11.8. The molecule has 0 fully saturated rings. The zero-order valence-electron chi connectivity index (χ0n) is 13.1. The Kier molecular flexibility index (Phi) is 7.31. The average molecular weight is 394 g/mol. The van der Waals surface area contributed by atoms with Gasteiger partial charge in [-0.2, -0.15) is 0 Å². The first kappa shape index (κ1) is 19.4. The summed E-state index contributed by atoms with van der Waals surface area (Å²) in [5.74, 6) is -0.787. The SMILES string of the molecule is CCOC(=O)C[C@@H](N[S+]([O-])C(C)(C)C)c1ccc(F)cc1Br. The Morgan fingerprint density at radius 2 is 2.14 bits per heavy atom. The van der Waals surface area contributed by atoms with Crippen LogP contribution in [0.5, 0.6) is 0 Å². The van der Waals surface area contributed by atoms with Crippen molar-refractivity contribution < 1.29 is 18.5 Å². The molecule has 0 heterocycles. The van der Waals surface area contributed by atoms with E-state index in [4.69, 9.17) is 4.74 Å². The van der Waals surface area contributed by atoms with Gasteiger partial charge in [0, 0.05) is 15.8 Å². The van der Waals surface area contributed by atoms with Crippen molar-refractivity contribution in [1.82, 2.24) is 4.72 Å². The number of carbonyl (C=O) groups is 1. The van der Waals surface area contributed by atoms with Crippen LogP contribution in [0.1, 0.15) is 45.7 Å². The monoisotopic (exact) mass is 393 g/mol. The number of nitrogens with one attached hydrogen (secondary N) is 1. The zero-order valence-corrected chi connectivity index (χ0v) is 15.5. The van der Waals surface area contributed by atoms with E-state index in [1.54, 1.807) is 13.0 Å². The van der Waals surface area contributed by atoms with E-state index in [1.165, 1.54) is 12.1 Å². The van der Waals surface area contributed by atoms with E-state index >= 15 is 0 Å². The quantitative estimate of drug-likeness (QED) is 0.591. The van der Waals surface area contributed by atoms with Gasteiger partial charge in [-0.25, -0.2) is 4.39 Å². The van der Waals surface area contributed by atoms with Crippen LogP contribution in [0.4, 0.5) is 4.39 Å². The highest BCUT2D eigenvalue weighted by Gasteiger charge is 2.31. The number of ether oxygens (including phenoxy) is 1. The Bertz CT molecular complexity index is 522. The summed E-state index contributed by atoms with van der Waals surface area (Å²) in [6, 6.07) is 3.65. The third kappa shape index (κ3) is 5.87. The molecule has 124 valence electrons. The van der Waals surface area contributed by atoms with Crippen molar-refractivity contribution >= 4 is 33.3 Å². The molecule has 1 unspecified atom stereocenters. The number of esters is 1. The lowest BCUT2D eigenvalue weighted by atomic mass is 10.0. The van der Waals surface area contributed by atoms with Gasteiger partial charge in [-0.1, -0.05) is 22.0 Å². The van der Waals surface area contributed by atoms with Gasteiger partial charge in [0.05, 0.1) is 19.1 Å². The smallest absolute Gasteiger partial charge is 0.307 e. The van der Waals surface area contributed by atoms with E-state index in [0.29, 0.717) is 10.0 Å². The fourth-order valence-electron chi connectivity index (χ4n) is 1.69. The van der Waals surface area contributed by atoms with E-state index in [0.717, 1.165) is 0 Å². The Morgan fingerprint density at radius 3 is 2.64 bits per heavy atom. The van der Waals surface area contributed by atoms with Crippen LogP contribution in [0.15, 0.2) is 22.7 Å². The molecule has 0 saturated heterocycles. The first-order chi connectivity index (χ1) is 10.1. The van der Waals surface area contributed by atoms with Gasteiger partial charge < -0.3 is 9.29 Å². The minimum atomic E-state index is -1.37. The van der Waals surface area contributed by atoms with Gasteiger partial charge in [-0.05, 0) is 45.4 Å². The summed E-state index contributed by atoms with van der Waals surface area (Å²) in [6.07, 6.45) is 0.0138. The molecule has 0 saturated carbocycles. The second-order valence-corrected chi connectivity index (χ2v) is 8.58. The van der Waals surface area contributed by atoms with Gasteiger partial charge in [-0.3, -0.25) is 4.79 Å². The van der Waals surface area contributed by atoms with Gasteiger partial charge in [0.1, 0.15) is 10.6 Å². The summed E-state index contributed by atoms with van der Waals surface area (Å²) in [5.41, 5.74) is 0.659. The van der Waals surface area contributed by atoms with Gasteiger partial charge in [0.2, 0.25) is 0 Å². The van der Waals surface area contributed by atoms with E-state index < -0.39 is 28.1 Å². The van der Waals surface area contributed by atoms with Crippen molar-refractivity contribution in [3.8, 4) is 0 Å². The Balaban J connectivity index is 3.02. The fraction of sp³-hybridized carbons (Fsp3) is 0.533. The first-order valence-electron chi connectivity index (χ1n) is 6.93. The zero-order chi connectivity index (χ0) is 16.9. The maximum atomic E-state index is 13.2. The van der Waals surface area contributed by atoms with Crippen molar-refractivity contribution in [2.24, 2.45) is 0 Å². The Hall–Kier alpha value is -0.630. The molecule has 4 nitrogen and oxygen atoms in total. The minimum absolute atomic E-state index is 0.0138. The molecule has 0 aliphatic rings. The predicted octanol–water partition coefficient (Wildman–Crippen LogP) is 3.63. The number of rotatable bonds is 6. The summed E-state index contributed by atoms with van der Waals surface area (Å²) in [7, 11) is 0. The van der Waals surface area contributed by atoms with E-state index in [9.17, 15) is 13.7 Å². The highest BCUT2D eigenvalue weighted by molar-refractivity contribution is 9.10. The van der Waals surface area contributed by atoms with E-state index in [2.05, 4.69) is 20.7 Å². The van der Waals surface area contributed by atoms with Gasteiger partial charge in [0.25, 0.3) is 0 Å². The summed E-state index contributed by atoms with van der Waals surface area (Å²) in [5, 5.41) is 0. The van der Waals surface area contributed by atoms with Crippen LogP contribution < -0.4 is 4.72 Å². The normalized spacial score (nSPS) is 14.5. The highest BCUT2D eigenvalue weighted by Crippen LogP contribution is 2.29. The molecule has 22 heavy (non-hydrogen) atoms. The van der Waals surface area contributed by atoms with Crippen molar-refractivity contribution in [2.45, 2.75) is 44.9 Å². The third-order valence-electron chi connectivity index (χ3n) is 2.82. The fourth-order valence-corrected chi connectivity index (χ4v) is 3.14.